The molecule has 0 amide bonds. The average molecular weight is 151 g/mol. The van der Waals surface area contributed by atoms with Crippen LogP contribution in [0, 0.1) is 0 Å². The number of nitrogens with zero attached hydrogens (tertiary/aromatic N) is 1. The Balaban J connectivity index is 3.14. The van der Waals surface area contributed by atoms with Gasteiger partial charge in [0, 0.05) is 0 Å². The third kappa shape index (κ3) is 4.19. The fourth-order valence-corrected chi connectivity index (χ4v) is 1.10. The SMILES string of the molecule is C[Se]C=[N+](C)C. The molecule has 0 N–H and O–H groups in total. The molecule has 0 aliphatic carbocycles. The van der Waals surface area contributed by atoms with E-state index in [0.717, 1.165) is 0 Å². The molecule has 0 radical (unpaired) electrons. The second-order valence-corrected chi connectivity index (χ2v) is 2.74. The van der Waals surface area contributed by atoms with Crippen LogP contribution in [-0.4, -0.2) is 38.7 Å². The fourth-order valence-electron chi connectivity index (χ4n) is 0.211. The van der Waals surface area contributed by atoms with E-state index >= 15 is 0 Å². The zero-order chi connectivity index (χ0) is 4.99. The van der Waals surface area contributed by atoms with Crippen molar-refractivity contribution in [3.8, 4) is 0 Å². The summed E-state index contributed by atoms with van der Waals surface area (Å²) in [5.41, 5.74) is 0. The molecule has 0 spiro atoms. The summed E-state index contributed by atoms with van der Waals surface area (Å²) in [7, 11) is 4.09. The van der Waals surface area contributed by atoms with Crippen molar-refractivity contribution >= 4 is 20.1 Å². The quantitative estimate of drug-likeness (QED) is 0.283. The van der Waals surface area contributed by atoms with Crippen molar-refractivity contribution in [3.05, 3.63) is 0 Å². The number of hydrogen-bond acceptors (Lipinski definition) is 0. The molecule has 0 fully saturated rings. The Morgan fingerprint density at radius 1 is 1.50 bits per heavy atom. The first kappa shape index (κ1) is 6.19. The molecule has 0 rings (SSSR count). The van der Waals surface area contributed by atoms with Gasteiger partial charge in [-0.2, -0.15) is 0 Å². The molecule has 0 aromatic heterocycles. The molecule has 0 aromatic rings. The van der Waals surface area contributed by atoms with Crippen molar-refractivity contribution in [1.29, 1.82) is 0 Å². The summed E-state index contributed by atoms with van der Waals surface area (Å²) in [5.74, 6) is 2.19. The molecule has 0 saturated carbocycles. The standard InChI is InChI=1S/C4H10NSe/c1-5(2)4-6-3/h4H,1-3H3/q+1. The maximum atomic E-state index is 2.19. The molecule has 0 aliphatic heterocycles. The molecule has 0 bridgehead atoms. The first-order chi connectivity index (χ1) is 2.77. The summed E-state index contributed by atoms with van der Waals surface area (Å²) in [6, 6.07) is 0. The average Bonchev–Trinajstić information content (AvgIpc) is 1.35. The first-order valence-electron chi connectivity index (χ1n) is 1.80. The molecule has 6 heavy (non-hydrogen) atoms. The third-order valence-corrected chi connectivity index (χ3v) is 1.64. The van der Waals surface area contributed by atoms with Gasteiger partial charge in [0.1, 0.15) is 0 Å². The van der Waals surface area contributed by atoms with Gasteiger partial charge in [0.05, 0.1) is 0 Å². The first-order valence-corrected chi connectivity index (χ1v) is 4.50. The van der Waals surface area contributed by atoms with Crippen molar-refractivity contribution in [2.24, 2.45) is 0 Å². The predicted octanol–water partition coefficient (Wildman–Crippen LogP) is 0.0391. The maximum absolute atomic E-state index is 2.19. The fraction of sp³-hybridized carbons (Fsp3) is 0.750. The van der Waals surface area contributed by atoms with E-state index in [0.29, 0.717) is 15.0 Å². The Labute approximate surface area is 45.2 Å². The van der Waals surface area contributed by atoms with Crippen LogP contribution in [0.1, 0.15) is 0 Å². The van der Waals surface area contributed by atoms with E-state index in [9.17, 15) is 0 Å². The van der Waals surface area contributed by atoms with Crippen molar-refractivity contribution < 1.29 is 4.58 Å². The van der Waals surface area contributed by atoms with Crippen LogP contribution in [0.5, 0.6) is 0 Å². The molecule has 0 aliphatic rings. The van der Waals surface area contributed by atoms with Gasteiger partial charge in [0.2, 0.25) is 0 Å². The van der Waals surface area contributed by atoms with Crippen LogP contribution in [-0.2, 0) is 0 Å². The van der Waals surface area contributed by atoms with Gasteiger partial charge in [-0.25, -0.2) is 0 Å². The second-order valence-electron chi connectivity index (χ2n) is 1.30. The molecule has 0 unspecified atom stereocenters. The van der Waals surface area contributed by atoms with Gasteiger partial charge in [-0.05, 0) is 0 Å². The Morgan fingerprint density at radius 2 is 2.00 bits per heavy atom. The molecule has 0 heterocycles. The Kier molecular flexibility index (Phi) is 3.49. The molecular weight excluding hydrogens is 141 g/mol. The molecule has 0 atom stereocenters. The van der Waals surface area contributed by atoms with Crippen molar-refractivity contribution in [2.75, 3.05) is 14.1 Å². The van der Waals surface area contributed by atoms with E-state index in [2.05, 4.69) is 15.5 Å². The van der Waals surface area contributed by atoms with E-state index < -0.39 is 0 Å². The summed E-state index contributed by atoms with van der Waals surface area (Å²) >= 11 is 0.698. The van der Waals surface area contributed by atoms with Crippen molar-refractivity contribution in [1.82, 2.24) is 0 Å². The van der Waals surface area contributed by atoms with Gasteiger partial charge >= 0.3 is 44.6 Å². The molecule has 36 valence electrons. The third-order valence-electron chi connectivity index (χ3n) is 0.316. The minimum absolute atomic E-state index is 0.698. The normalized spacial score (nSPS) is 7.83. The van der Waals surface area contributed by atoms with Gasteiger partial charge < -0.3 is 0 Å². The van der Waals surface area contributed by atoms with Gasteiger partial charge in [-0.3, -0.25) is 0 Å². The summed E-state index contributed by atoms with van der Waals surface area (Å²) < 4.78 is 2.08. The van der Waals surface area contributed by atoms with E-state index in [4.69, 9.17) is 0 Å². The number of hydrogen-bond donors (Lipinski definition) is 0. The molecule has 0 aromatic carbocycles. The van der Waals surface area contributed by atoms with Crippen LogP contribution in [0.25, 0.3) is 0 Å². The molecule has 0 saturated heterocycles. The van der Waals surface area contributed by atoms with Crippen molar-refractivity contribution in [2.45, 2.75) is 5.82 Å². The zero-order valence-electron chi connectivity index (χ0n) is 4.43. The minimum atomic E-state index is 0.698. The van der Waals surface area contributed by atoms with E-state index in [1.54, 1.807) is 0 Å². The molecular formula is C4H10NSe+. The molecule has 2 heteroatoms. The summed E-state index contributed by atoms with van der Waals surface area (Å²) in [6.45, 7) is 0. The van der Waals surface area contributed by atoms with Crippen LogP contribution in [0.15, 0.2) is 0 Å². The summed E-state index contributed by atoms with van der Waals surface area (Å²) in [4.78, 5) is 0. The van der Waals surface area contributed by atoms with Crippen molar-refractivity contribution in [3.63, 3.8) is 0 Å². The van der Waals surface area contributed by atoms with Crippen LogP contribution < -0.4 is 0 Å². The van der Waals surface area contributed by atoms with Gasteiger partial charge in [-0.15, -0.1) is 0 Å². The van der Waals surface area contributed by atoms with Crippen LogP contribution in [0.3, 0.4) is 0 Å². The van der Waals surface area contributed by atoms with Crippen LogP contribution >= 0.6 is 0 Å². The van der Waals surface area contributed by atoms with Crippen LogP contribution in [0.4, 0.5) is 0 Å². The van der Waals surface area contributed by atoms with E-state index in [-0.39, 0.29) is 0 Å². The molecule has 1 nitrogen and oxygen atoms in total. The van der Waals surface area contributed by atoms with Gasteiger partial charge in [0.25, 0.3) is 0 Å². The summed E-state index contributed by atoms with van der Waals surface area (Å²) in [5, 5.41) is 2.19. The monoisotopic (exact) mass is 152 g/mol. The predicted molar refractivity (Wildman–Crippen MR) is 29.8 cm³/mol. The van der Waals surface area contributed by atoms with E-state index in [1.165, 1.54) is 0 Å². The van der Waals surface area contributed by atoms with Crippen LogP contribution in [0.2, 0.25) is 5.82 Å². The topological polar surface area (TPSA) is 3.01 Å². The van der Waals surface area contributed by atoms with Gasteiger partial charge in [0.15, 0.2) is 0 Å². The Hall–Kier alpha value is 0.189. The zero-order valence-corrected chi connectivity index (χ0v) is 6.15. The van der Waals surface area contributed by atoms with E-state index in [1.807, 2.05) is 14.1 Å². The summed E-state index contributed by atoms with van der Waals surface area (Å²) in [6.07, 6.45) is 0. The Morgan fingerprint density at radius 3 is 2.00 bits per heavy atom. The second kappa shape index (κ2) is 3.38. The number of rotatable bonds is 1. The Bertz CT molecular complexity index is 54.6. The van der Waals surface area contributed by atoms with Gasteiger partial charge in [-0.1, -0.05) is 0 Å².